The highest BCUT2D eigenvalue weighted by atomic mass is 16.1. The molecule has 2 aliphatic heterocycles. The van der Waals surface area contributed by atoms with Crippen LogP contribution in [0.25, 0.3) is 22.6 Å². The van der Waals surface area contributed by atoms with Gasteiger partial charge in [-0.2, -0.15) is 0 Å². The van der Waals surface area contributed by atoms with Crippen molar-refractivity contribution in [2.45, 2.75) is 32.7 Å². The molecule has 31 heavy (non-hydrogen) atoms. The van der Waals surface area contributed by atoms with E-state index < -0.39 is 0 Å². The van der Waals surface area contributed by atoms with Gasteiger partial charge in [-0.05, 0) is 57.0 Å². The number of hydrogen-bond donors (Lipinski definition) is 0. The predicted molar refractivity (Wildman–Crippen MR) is 122 cm³/mol. The third kappa shape index (κ3) is 3.11. The van der Waals surface area contributed by atoms with Crippen molar-refractivity contribution in [3.63, 3.8) is 0 Å². The van der Waals surface area contributed by atoms with Gasteiger partial charge in [0, 0.05) is 55.9 Å². The minimum atomic E-state index is -0.0547. The fourth-order valence-corrected chi connectivity index (χ4v) is 5.18. The second-order valence-corrected chi connectivity index (χ2v) is 8.90. The van der Waals surface area contributed by atoms with Crippen LogP contribution in [-0.4, -0.2) is 55.9 Å². The van der Waals surface area contributed by atoms with Gasteiger partial charge in [0.1, 0.15) is 11.3 Å². The van der Waals surface area contributed by atoms with Crippen LogP contribution < -0.4 is 10.5 Å². The van der Waals surface area contributed by atoms with Gasteiger partial charge in [0.05, 0.1) is 17.1 Å². The van der Waals surface area contributed by atoms with E-state index in [0.717, 1.165) is 47.8 Å². The Morgan fingerprint density at radius 3 is 2.81 bits per heavy atom. The van der Waals surface area contributed by atoms with Crippen molar-refractivity contribution in [1.82, 2.24) is 23.7 Å². The van der Waals surface area contributed by atoms with Crippen molar-refractivity contribution >= 4 is 17.0 Å². The number of aromatic nitrogens is 4. The van der Waals surface area contributed by atoms with Gasteiger partial charge in [0.2, 0.25) is 0 Å². The van der Waals surface area contributed by atoms with Crippen molar-refractivity contribution in [2.75, 3.05) is 31.1 Å². The quantitative estimate of drug-likeness (QED) is 0.505. The summed E-state index contributed by atoms with van der Waals surface area (Å²) in [5.41, 5.74) is 6.29. The van der Waals surface area contributed by atoms with Gasteiger partial charge in [-0.25, -0.2) is 9.97 Å². The van der Waals surface area contributed by atoms with Gasteiger partial charge in [-0.1, -0.05) is 0 Å². The first kappa shape index (κ1) is 18.6. The minimum Gasteiger partial charge on any atom is -0.367 e. The number of fused-ring (bicyclic) bond motifs is 3. The van der Waals surface area contributed by atoms with Crippen molar-refractivity contribution in [2.24, 2.45) is 0 Å². The Morgan fingerprint density at radius 2 is 1.90 bits per heavy atom. The average Bonchev–Trinajstić information content (AvgIpc) is 3.38. The van der Waals surface area contributed by atoms with E-state index in [1.165, 1.54) is 19.4 Å². The standard InChI is InChI=1S/C24H26N6O/c1-16-10-18(13-29-12-17(2)25-24(16)29)21-11-23(31)30-15-20(5-6-22(30)26-21)28-9-8-27-7-3-4-19(27)14-28/h5-6,10-13,15,19H,3-4,7-9,14H2,1-2H3/t19-/m0/s1. The van der Waals surface area contributed by atoms with Crippen LogP contribution in [0.3, 0.4) is 0 Å². The zero-order chi connectivity index (χ0) is 21.1. The molecule has 0 bridgehead atoms. The topological polar surface area (TPSA) is 58.2 Å². The van der Waals surface area contributed by atoms with Crippen LogP contribution in [-0.2, 0) is 0 Å². The molecule has 158 valence electrons. The number of anilines is 1. The van der Waals surface area contributed by atoms with Gasteiger partial charge < -0.3 is 9.30 Å². The zero-order valence-corrected chi connectivity index (χ0v) is 18.0. The molecule has 0 spiro atoms. The average molecular weight is 415 g/mol. The number of imidazole rings is 1. The van der Waals surface area contributed by atoms with Crippen LogP contribution in [0.1, 0.15) is 24.1 Å². The molecule has 2 fully saturated rings. The summed E-state index contributed by atoms with van der Waals surface area (Å²) in [5.74, 6) is 0. The maximum Gasteiger partial charge on any atom is 0.258 e. The molecule has 2 aliphatic rings. The SMILES string of the molecule is Cc1cn2cc(-c3cc(=O)n4cc(N5CCN6CCC[C@H]6C5)ccc4n3)cc(C)c2n1. The van der Waals surface area contributed by atoms with E-state index in [4.69, 9.17) is 4.98 Å². The first-order valence-electron chi connectivity index (χ1n) is 11.0. The molecule has 7 nitrogen and oxygen atoms in total. The Morgan fingerprint density at radius 1 is 1.00 bits per heavy atom. The zero-order valence-electron chi connectivity index (χ0n) is 18.0. The number of nitrogens with zero attached hydrogens (tertiary/aromatic N) is 6. The van der Waals surface area contributed by atoms with Gasteiger partial charge in [-0.15, -0.1) is 0 Å². The lowest BCUT2D eigenvalue weighted by Gasteiger charge is -2.38. The smallest absolute Gasteiger partial charge is 0.258 e. The van der Waals surface area contributed by atoms with Gasteiger partial charge in [0.15, 0.2) is 0 Å². The Bertz CT molecular complexity index is 1370. The number of aryl methyl sites for hydroxylation is 2. The highest BCUT2D eigenvalue weighted by Gasteiger charge is 2.30. The van der Waals surface area contributed by atoms with Crippen LogP contribution in [0.4, 0.5) is 5.69 Å². The maximum atomic E-state index is 13.0. The molecule has 1 atom stereocenters. The summed E-state index contributed by atoms with van der Waals surface area (Å²) in [6.07, 6.45) is 8.51. The second kappa shape index (κ2) is 6.92. The fourth-order valence-electron chi connectivity index (χ4n) is 5.18. The van der Waals surface area contributed by atoms with E-state index in [1.54, 1.807) is 10.5 Å². The molecule has 0 radical (unpaired) electrons. The van der Waals surface area contributed by atoms with E-state index in [0.29, 0.717) is 17.4 Å². The van der Waals surface area contributed by atoms with Crippen LogP contribution >= 0.6 is 0 Å². The Kier molecular flexibility index (Phi) is 4.14. The minimum absolute atomic E-state index is 0.0547. The van der Waals surface area contributed by atoms with E-state index >= 15 is 0 Å². The molecule has 6 rings (SSSR count). The number of pyridine rings is 2. The van der Waals surface area contributed by atoms with Crippen molar-refractivity contribution in [3.05, 3.63) is 64.5 Å². The highest BCUT2D eigenvalue weighted by Crippen LogP contribution is 2.26. The lowest BCUT2D eigenvalue weighted by molar-refractivity contribution is 0.231. The number of piperazine rings is 1. The van der Waals surface area contributed by atoms with Gasteiger partial charge >= 0.3 is 0 Å². The normalized spacial score (nSPS) is 19.4. The molecule has 0 saturated carbocycles. The second-order valence-electron chi connectivity index (χ2n) is 8.90. The summed E-state index contributed by atoms with van der Waals surface area (Å²) in [7, 11) is 0. The van der Waals surface area contributed by atoms with Crippen molar-refractivity contribution in [1.29, 1.82) is 0 Å². The van der Waals surface area contributed by atoms with E-state index in [2.05, 4.69) is 26.9 Å². The molecule has 4 aromatic heterocycles. The third-order valence-corrected chi connectivity index (χ3v) is 6.75. The summed E-state index contributed by atoms with van der Waals surface area (Å²) < 4.78 is 3.68. The molecular weight excluding hydrogens is 388 g/mol. The van der Waals surface area contributed by atoms with E-state index in [1.807, 2.05) is 42.9 Å². The lowest BCUT2D eigenvalue weighted by atomic mass is 10.1. The number of rotatable bonds is 2. The molecule has 0 aliphatic carbocycles. The predicted octanol–water partition coefficient (Wildman–Crippen LogP) is 2.91. The Labute approximate surface area is 180 Å². The molecule has 0 aromatic carbocycles. The first-order valence-corrected chi connectivity index (χ1v) is 11.0. The summed E-state index contributed by atoms with van der Waals surface area (Å²) in [6, 6.07) is 8.40. The monoisotopic (exact) mass is 414 g/mol. The molecule has 2 saturated heterocycles. The lowest BCUT2D eigenvalue weighted by Crippen LogP contribution is -2.50. The summed E-state index contributed by atoms with van der Waals surface area (Å²) >= 11 is 0. The summed E-state index contributed by atoms with van der Waals surface area (Å²) in [5, 5.41) is 0. The fraction of sp³-hybridized carbons (Fsp3) is 0.375. The Balaban J connectivity index is 1.38. The molecule has 0 N–H and O–H groups in total. The molecule has 6 heterocycles. The van der Waals surface area contributed by atoms with Crippen LogP contribution in [0.15, 0.2) is 47.7 Å². The van der Waals surface area contributed by atoms with Crippen LogP contribution in [0, 0.1) is 13.8 Å². The van der Waals surface area contributed by atoms with Crippen LogP contribution in [0.5, 0.6) is 0 Å². The van der Waals surface area contributed by atoms with Gasteiger partial charge in [-0.3, -0.25) is 14.1 Å². The Hall–Kier alpha value is -3.19. The molecule has 7 heteroatoms. The molecular formula is C24H26N6O. The van der Waals surface area contributed by atoms with E-state index in [-0.39, 0.29) is 5.56 Å². The molecule has 4 aromatic rings. The summed E-state index contributed by atoms with van der Waals surface area (Å²) in [4.78, 5) is 27.4. The van der Waals surface area contributed by atoms with Crippen molar-refractivity contribution in [3.8, 4) is 11.3 Å². The maximum absolute atomic E-state index is 13.0. The summed E-state index contributed by atoms with van der Waals surface area (Å²) in [6.45, 7) is 8.39. The molecule has 0 amide bonds. The highest BCUT2D eigenvalue weighted by molar-refractivity contribution is 5.66. The van der Waals surface area contributed by atoms with Crippen LogP contribution in [0.2, 0.25) is 0 Å². The van der Waals surface area contributed by atoms with Gasteiger partial charge in [0.25, 0.3) is 5.56 Å². The molecule has 0 unspecified atom stereocenters. The van der Waals surface area contributed by atoms with E-state index in [9.17, 15) is 4.79 Å². The first-order chi connectivity index (χ1) is 15.0. The largest absolute Gasteiger partial charge is 0.367 e. The number of hydrogen-bond acceptors (Lipinski definition) is 5. The third-order valence-electron chi connectivity index (χ3n) is 6.75. The van der Waals surface area contributed by atoms with Crippen molar-refractivity contribution < 1.29 is 0 Å².